The lowest BCUT2D eigenvalue weighted by molar-refractivity contribution is -0.110. The maximum atomic E-state index is 12.0. The van der Waals surface area contributed by atoms with Crippen molar-refractivity contribution in [2.24, 2.45) is 0 Å². The number of anilines is 1. The van der Waals surface area contributed by atoms with Gasteiger partial charge in [-0.2, -0.15) is 0 Å². The van der Waals surface area contributed by atoms with Gasteiger partial charge in [-0.25, -0.2) is 0 Å². The second-order valence-electron chi connectivity index (χ2n) is 4.33. The number of methoxy groups -OCH3 is 1. The van der Waals surface area contributed by atoms with Crippen LogP contribution in [0.1, 0.15) is 11.1 Å². The number of amides is 1. The van der Waals surface area contributed by atoms with Crippen molar-refractivity contribution in [3.05, 3.63) is 59.7 Å². The largest absolute Gasteiger partial charge is 0.497 e. The van der Waals surface area contributed by atoms with Crippen molar-refractivity contribution in [3.8, 4) is 5.75 Å². The summed E-state index contributed by atoms with van der Waals surface area (Å²) >= 11 is 0. The lowest BCUT2D eigenvalue weighted by atomic mass is 10.0. The highest BCUT2D eigenvalue weighted by Crippen LogP contribution is 2.35. The number of rotatable bonds is 2. The molecule has 3 nitrogen and oxygen atoms in total. The summed E-state index contributed by atoms with van der Waals surface area (Å²) in [5.74, 6) is 0.659. The van der Waals surface area contributed by atoms with Gasteiger partial charge in [0.2, 0.25) is 0 Å². The fraction of sp³-hybridized carbons (Fsp3) is 0.0625. The van der Waals surface area contributed by atoms with Crippen molar-refractivity contribution >= 4 is 23.2 Å². The van der Waals surface area contributed by atoms with Crippen LogP contribution in [0, 0.1) is 0 Å². The maximum absolute atomic E-state index is 12.0. The molecule has 0 saturated heterocycles. The average Bonchev–Trinajstić information content (AvgIpc) is 2.75. The topological polar surface area (TPSA) is 38.3 Å². The third kappa shape index (κ3) is 2.10. The molecule has 3 heteroatoms. The molecule has 19 heavy (non-hydrogen) atoms. The van der Waals surface area contributed by atoms with Crippen molar-refractivity contribution in [1.82, 2.24) is 0 Å². The second-order valence-corrected chi connectivity index (χ2v) is 4.33. The van der Waals surface area contributed by atoms with E-state index in [1.807, 2.05) is 54.6 Å². The van der Waals surface area contributed by atoms with Crippen LogP contribution < -0.4 is 10.1 Å². The van der Waals surface area contributed by atoms with Crippen LogP contribution in [0.5, 0.6) is 5.75 Å². The van der Waals surface area contributed by atoms with Gasteiger partial charge in [0.05, 0.1) is 12.8 Å². The Morgan fingerprint density at radius 2 is 1.89 bits per heavy atom. The number of ether oxygens (including phenoxy) is 1. The fourth-order valence-corrected chi connectivity index (χ4v) is 2.16. The van der Waals surface area contributed by atoms with Crippen molar-refractivity contribution in [3.63, 3.8) is 0 Å². The molecule has 0 bridgehead atoms. The Kier molecular flexibility index (Phi) is 2.80. The highest BCUT2D eigenvalue weighted by Gasteiger charge is 2.24. The average molecular weight is 251 g/mol. The molecule has 0 radical (unpaired) electrons. The molecule has 2 aromatic carbocycles. The first-order valence-corrected chi connectivity index (χ1v) is 6.04. The number of nitrogens with one attached hydrogen (secondary N) is 1. The van der Waals surface area contributed by atoms with Gasteiger partial charge in [0.15, 0.2) is 0 Å². The van der Waals surface area contributed by atoms with Gasteiger partial charge in [-0.3, -0.25) is 4.79 Å². The van der Waals surface area contributed by atoms with Gasteiger partial charge in [-0.1, -0.05) is 30.3 Å². The van der Waals surface area contributed by atoms with Gasteiger partial charge in [-0.05, 0) is 23.8 Å². The molecule has 3 rings (SSSR count). The third-order valence-corrected chi connectivity index (χ3v) is 3.12. The van der Waals surface area contributed by atoms with E-state index < -0.39 is 0 Å². The van der Waals surface area contributed by atoms with Crippen LogP contribution in [0.4, 0.5) is 5.69 Å². The highest BCUT2D eigenvalue weighted by atomic mass is 16.5. The summed E-state index contributed by atoms with van der Waals surface area (Å²) < 4.78 is 5.16. The van der Waals surface area contributed by atoms with Crippen molar-refractivity contribution in [2.75, 3.05) is 12.4 Å². The number of fused-ring (bicyclic) bond motifs is 1. The van der Waals surface area contributed by atoms with Crippen molar-refractivity contribution in [1.29, 1.82) is 0 Å². The van der Waals surface area contributed by atoms with E-state index in [1.54, 1.807) is 7.11 Å². The van der Waals surface area contributed by atoms with Crippen molar-refractivity contribution in [2.45, 2.75) is 0 Å². The Labute approximate surface area is 111 Å². The zero-order valence-electron chi connectivity index (χ0n) is 10.5. The molecule has 1 N–H and O–H groups in total. The Bertz CT molecular complexity index is 660. The molecular formula is C16H13NO2. The van der Waals surface area contributed by atoms with Crippen LogP contribution in [0.15, 0.2) is 48.5 Å². The van der Waals surface area contributed by atoms with Gasteiger partial charge in [0, 0.05) is 17.2 Å². The minimum absolute atomic E-state index is 0.0768. The predicted octanol–water partition coefficient (Wildman–Crippen LogP) is 3.19. The smallest absolute Gasteiger partial charge is 0.256 e. The Morgan fingerprint density at radius 3 is 2.63 bits per heavy atom. The lowest BCUT2D eigenvalue weighted by Crippen LogP contribution is -2.03. The van der Waals surface area contributed by atoms with Gasteiger partial charge >= 0.3 is 0 Å². The van der Waals surface area contributed by atoms with Crippen LogP contribution >= 0.6 is 0 Å². The predicted molar refractivity (Wildman–Crippen MR) is 75.9 cm³/mol. The first kappa shape index (κ1) is 11.5. The van der Waals surface area contributed by atoms with E-state index in [4.69, 9.17) is 4.74 Å². The molecule has 0 saturated carbocycles. The van der Waals surface area contributed by atoms with Gasteiger partial charge in [-0.15, -0.1) is 0 Å². The molecule has 1 amide bonds. The molecule has 1 aliphatic rings. The van der Waals surface area contributed by atoms with Gasteiger partial charge in [0.25, 0.3) is 5.91 Å². The standard InChI is InChI=1S/C16H13NO2/c1-19-12-7-8-13-14(16(18)17-15(13)10-12)9-11-5-3-2-4-6-11/h2-10H,1H3,(H,17,18). The van der Waals surface area contributed by atoms with Gasteiger partial charge in [0.1, 0.15) is 5.75 Å². The van der Waals surface area contributed by atoms with Crippen LogP contribution in [0.3, 0.4) is 0 Å². The number of carbonyl (C=O) groups is 1. The van der Waals surface area contributed by atoms with Crippen LogP contribution in [-0.2, 0) is 4.79 Å². The summed E-state index contributed by atoms with van der Waals surface area (Å²) in [5, 5.41) is 2.86. The van der Waals surface area contributed by atoms with E-state index in [1.165, 1.54) is 0 Å². The molecule has 94 valence electrons. The van der Waals surface area contributed by atoms with E-state index >= 15 is 0 Å². The number of hydrogen-bond acceptors (Lipinski definition) is 2. The van der Waals surface area contributed by atoms with E-state index in [2.05, 4.69) is 5.32 Å². The number of carbonyl (C=O) groups excluding carboxylic acids is 1. The van der Waals surface area contributed by atoms with Gasteiger partial charge < -0.3 is 10.1 Å². The molecule has 0 atom stereocenters. The SMILES string of the molecule is COc1ccc2c(c1)NC(=O)C2=Cc1ccccc1. The molecule has 0 spiro atoms. The van der Waals surface area contributed by atoms with Crippen molar-refractivity contribution < 1.29 is 9.53 Å². The summed E-state index contributed by atoms with van der Waals surface area (Å²) in [4.78, 5) is 12.0. The lowest BCUT2D eigenvalue weighted by Gasteiger charge is -2.02. The first-order valence-electron chi connectivity index (χ1n) is 6.04. The summed E-state index contributed by atoms with van der Waals surface area (Å²) in [6, 6.07) is 15.4. The molecule has 0 aromatic heterocycles. The zero-order chi connectivity index (χ0) is 13.2. The fourth-order valence-electron chi connectivity index (χ4n) is 2.16. The monoisotopic (exact) mass is 251 g/mol. The summed E-state index contributed by atoms with van der Waals surface area (Å²) in [6.07, 6.45) is 1.90. The second kappa shape index (κ2) is 4.61. The molecule has 0 fully saturated rings. The van der Waals surface area contributed by atoms with Crippen LogP contribution in [-0.4, -0.2) is 13.0 Å². The zero-order valence-corrected chi connectivity index (χ0v) is 10.5. The number of benzene rings is 2. The Hall–Kier alpha value is -2.55. The quantitative estimate of drug-likeness (QED) is 0.832. The summed E-state index contributed by atoms with van der Waals surface area (Å²) in [5.41, 5.74) is 3.40. The minimum atomic E-state index is -0.0768. The van der Waals surface area contributed by atoms with E-state index in [9.17, 15) is 4.79 Å². The van der Waals surface area contributed by atoms with E-state index in [0.29, 0.717) is 5.57 Å². The first-order chi connectivity index (χ1) is 9.28. The van der Waals surface area contributed by atoms with Crippen LogP contribution in [0.2, 0.25) is 0 Å². The molecular weight excluding hydrogens is 238 g/mol. The third-order valence-electron chi connectivity index (χ3n) is 3.12. The molecule has 2 aromatic rings. The Morgan fingerprint density at radius 1 is 1.11 bits per heavy atom. The molecule has 1 aliphatic heterocycles. The highest BCUT2D eigenvalue weighted by molar-refractivity contribution is 6.35. The number of hydrogen-bond donors (Lipinski definition) is 1. The van der Waals surface area contributed by atoms with E-state index in [0.717, 1.165) is 22.6 Å². The van der Waals surface area contributed by atoms with Crippen LogP contribution in [0.25, 0.3) is 11.6 Å². The maximum Gasteiger partial charge on any atom is 0.256 e. The van der Waals surface area contributed by atoms with E-state index in [-0.39, 0.29) is 5.91 Å². The minimum Gasteiger partial charge on any atom is -0.497 e. The molecule has 0 unspecified atom stereocenters. The summed E-state index contributed by atoms with van der Waals surface area (Å²) in [7, 11) is 1.61. The molecule has 1 heterocycles. The summed E-state index contributed by atoms with van der Waals surface area (Å²) in [6.45, 7) is 0. The Balaban J connectivity index is 2.06. The normalized spacial score (nSPS) is 15.2. The molecule has 0 aliphatic carbocycles.